The summed E-state index contributed by atoms with van der Waals surface area (Å²) in [7, 11) is 0. The molecule has 0 bridgehead atoms. The molecule has 0 radical (unpaired) electrons. The van der Waals surface area contributed by atoms with E-state index in [2.05, 4.69) is 10.6 Å². The zero-order valence-corrected chi connectivity index (χ0v) is 10.8. The van der Waals surface area contributed by atoms with E-state index >= 15 is 0 Å². The molecule has 4 heteroatoms. The van der Waals surface area contributed by atoms with E-state index in [4.69, 9.17) is 0 Å². The van der Waals surface area contributed by atoms with Gasteiger partial charge in [-0.15, -0.1) is 0 Å². The van der Waals surface area contributed by atoms with Crippen LogP contribution in [0.15, 0.2) is 0 Å². The van der Waals surface area contributed by atoms with Crippen molar-refractivity contribution in [3.05, 3.63) is 0 Å². The Kier molecular flexibility index (Phi) is 3.73. The molecule has 1 aliphatic heterocycles. The molecule has 2 rings (SSSR count). The van der Waals surface area contributed by atoms with Crippen LogP contribution in [-0.4, -0.2) is 36.8 Å². The Morgan fingerprint density at radius 2 is 2.12 bits per heavy atom. The van der Waals surface area contributed by atoms with E-state index in [0.29, 0.717) is 6.54 Å². The minimum atomic E-state index is -0.429. The van der Waals surface area contributed by atoms with Gasteiger partial charge >= 0.3 is 0 Å². The molecule has 0 aromatic heterocycles. The topological polar surface area (TPSA) is 61.4 Å². The summed E-state index contributed by atoms with van der Waals surface area (Å²) >= 11 is 0. The van der Waals surface area contributed by atoms with E-state index in [9.17, 15) is 9.90 Å². The molecule has 1 saturated heterocycles. The van der Waals surface area contributed by atoms with E-state index in [0.717, 1.165) is 32.4 Å². The molecule has 2 unspecified atom stereocenters. The number of carbonyl (C=O) groups excluding carboxylic acids is 1. The molecule has 3 N–H and O–H groups in total. The Balaban J connectivity index is 1.75. The number of rotatable bonds is 4. The maximum Gasteiger partial charge on any atom is 0.223 e. The Hall–Kier alpha value is -0.610. The van der Waals surface area contributed by atoms with Gasteiger partial charge in [-0.2, -0.15) is 0 Å². The number of nitrogens with one attached hydrogen (secondary N) is 2. The number of hydrogen-bond donors (Lipinski definition) is 3. The molecule has 98 valence electrons. The van der Waals surface area contributed by atoms with Crippen molar-refractivity contribution >= 4 is 5.91 Å². The lowest BCUT2D eigenvalue weighted by Gasteiger charge is -2.23. The first-order valence-electron chi connectivity index (χ1n) is 6.72. The third kappa shape index (κ3) is 2.80. The van der Waals surface area contributed by atoms with Gasteiger partial charge in [-0.1, -0.05) is 13.8 Å². The highest BCUT2D eigenvalue weighted by molar-refractivity contribution is 5.82. The summed E-state index contributed by atoms with van der Waals surface area (Å²) in [5.74, 6) is 0.540. The van der Waals surface area contributed by atoms with Crippen LogP contribution in [0.4, 0.5) is 0 Å². The molecule has 2 aliphatic rings. The van der Waals surface area contributed by atoms with Crippen LogP contribution in [0.2, 0.25) is 0 Å². The first kappa shape index (κ1) is 12.8. The molecule has 1 heterocycles. The summed E-state index contributed by atoms with van der Waals surface area (Å²) in [6.07, 6.45) is 2.86. The Labute approximate surface area is 103 Å². The molecule has 4 nitrogen and oxygen atoms in total. The number of aliphatic hydroxyl groups excluding tert-OH is 1. The van der Waals surface area contributed by atoms with E-state index in [1.807, 2.05) is 13.8 Å². The maximum atomic E-state index is 12.0. The van der Waals surface area contributed by atoms with Crippen molar-refractivity contribution in [2.24, 2.45) is 17.3 Å². The molecule has 1 spiro atoms. The van der Waals surface area contributed by atoms with Crippen LogP contribution < -0.4 is 10.6 Å². The second-order valence-electron chi connectivity index (χ2n) is 5.93. The van der Waals surface area contributed by atoms with Gasteiger partial charge in [0.2, 0.25) is 5.91 Å². The highest BCUT2D eigenvalue weighted by Gasteiger charge is 2.57. The molecule has 0 aromatic carbocycles. The smallest absolute Gasteiger partial charge is 0.223 e. The normalized spacial score (nSPS) is 28.1. The van der Waals surface area contributed by atoms with Gasteiger partial charge in [-0.3, -0.25) is 4.79 Å². The molecule has 17 heavy (non-hydrogen) atoms. The maximum absolute atomic E-state index is 12.0. The van der Waals surface area contributed by atoms with Crippen molar-refractivity contribution in [3.8, 4) is 0 Å². The second-order valence-corrected chi connectivity index (χ2v) is 5.93. The van der Waals surface area contributed by atoms with Crippen molar-refractivity contribution in [3.63, 3.8) is 0 Å². The van der Waals surface area contributed by atoms with Crippen LogP contribution in [-0.2, 0) is 4.79 Å². The summed E-state index contributed by atoms with van der Waals surface area (Å²) in [5, 5.41) is 15.9. The molecular formula is C13H24N2O2. The van der Waals surface area contributed by atoms with Crippen molar-refractivity contribution in [1.82, 2.24) is 10.6 Å². The Morgan fingerprint density at radius 3 is 2.71 bits per heavy atom. The van der Waals surface area contributed by atoms with E-state index in [1.54, 1.807) is 0 Å². The summed E-state index contributed by atoms with van der Waals surface area (Å²) in [6, 6.07) is 0. The molecule has 1 aliphatic carbocycles. The van der Waals surface area contributed by atoms with Gasteiger partial charge in [-0.05, 0) is 43.7 Å². The van der Waals surface area contributed by atoms with Crippen LogP contribution in [0.1, 0.15) is 33.1 Å². The van der Waals surface area contributed by atoms with E-state index in [1.165, 1.54) is 0 Å². The number of aliphatic hydroxyl groups is 1. The first-order valence-corrected chi connectivity index (χ1v) is 6.72. The minimum absolute atomic E-state index is 0.145. The standard InChI is InChI=1S/C13H24N2O2/c1-9(2)11(16)8-15-12(17)10-7-13(10)3-5-14-6-4-13/h9-11,14,16H,3-8H2,1-2H3,(H,15,17). The number of amides is 1. The molecule has 2 atom stereocenters. The third-order valence-corrected chi connectivity index (χ3v) is 4.36. The van der Waals surface area contributed by atoms with Crippen LogP contribution in [0, 0.1) is 17.3 Å². The van der Waals surface area contributed by atoms with Gasteiger partial charge in [0.15, 0.2) is 0 Å². The fraction of sp³-hybridized carbons (Fsp3) is 0.923. The highest BCUT2D eigenvalue weighted by atomic mass is 16.3. The zero-order chi connectivity index (χ0) is 12.5. The lowest BCUT2D eigenvalue weighted by Crippen LogP contribution is -2.38. The van der Waals surface area contributed by atoms with E-state index in [-0.39, 0.29) is 23.2 Å². The quantitative estimate of drug-likeness (QED) is 0.671. The molecule has 1 amide bonds. The van der Waals surface area contributed by atoms with E-state index < -0.39 is 6.10 Å². The summed E-state index contributed by atoms with van der Waals surface area (Å²) in [6.45, 7) is 6.39. The lowest BCUT2D eigenvalue weighted by atomic mass is 9.92. The largest absolute Gasteiger partial charge is 0.391 e. The predicted molar refractivity (Wildman–Crippen MR) is 66.5 cm³/mol. The lowest BCUT2D eigenvalue weighted by molar-refractivity contribution is -0.123. The monoisotopic (exact) mass is 240 g/mol. The van der Waals surface area contributed by atoms with Gasteiger partial charge in [0.25, 0.3) is 0 Å². The van der Waals surface area contributed by atoms with Gasteiger partial charge in [0, 0.05) is 12.5 Å². The number of piperidine rings is 1. The SMILES string of the molecule is CC(C)C(O)CNC(=O)C1CC12CCNCC2. The minimum Gasteiger partial charge on any atom is -0.391 e. The Morgan fingerprint density at radius 1 is 1.47 bits per heavy atom. The average molecular weight is 240 g/mol. The first-order chi connectivity index (χ1) is 8.05. The van der Waals surface area contributed by atoms with Crippen molar-refractivity contribution in [2.75, 3.05) is 19.6 Å². The molecular weight excluding hydrogens is 216 g/mol. The molecule has 1 saturated carbocycles. The average Bonchev–Trinajstić information content (AvgIpc) is 3.00. The summed E-state index contributed by atoms with van der Waals surface area (Å²) in [4.78, 5) is 12.0. The van der Waals surface area contributed by atoms with Gasteiger partial charge in [0.05, 0.1) is 6.10 Å². The van der Waals surface area contributed by atoms with Crippen LogP contribution in [0.5, 0.6) is 0 Å². The molecule has 2 fully saturated rings. The van der Waals surface area contributed by atoms with Gasteiger partial charge < -0.3 is 15.7 Å². The van der Waals surface area contributed by atoms with Crippen LogP contribution in [0.25, 0.3) is 0 Å². The summed E-state index contributed by atoms with van der Waals surface area (Å²) in [5.41, 5.74) is 0.290. The predicted octanol–water partition coefficient (Wildman–Crippen LogP) is 0.509. The van der Waals surface area contributed by atoms with Crippen LogP contribution in [0.3, 0.4) is 0 Å². The van der Waals surface area contributed by atoms with Crippen molar-refractivity contribution in [2.45, 2.75) is 39.2 Å². The number of hydrogen-bond acceptors (Lipinski definition) is 3. The fourth-order valence-corrected chi connectivity index (χ4v) is 2.76. The van der Waals surface area contributed by atoms with Crippen molar-refractivity contribution < 1.29 is 9.90 Å². The Bertz CT molecular complexity index is 285. The van der Waals surface area contributed by atoms with Gasteiger partial charge in [0.1, 0.15) is 0 Å². The third-order valence-electron chi connectivity index (χ3n) is 4.36. The van der Waals surface area contributed by atoms with Gasteiger partial charge in [-0.25, -0.2) is 0 Å². The zero-order valence-electron chi connectivity index (χ0n) is 10.8. The highest BCUT2D eigenvalue weighted by Crippen LogP contribution is 2.58. The summed E-state index contributed by atoms with van der Waals surface area (Å²) < 4.78 is 0. The second kappa shape index (κ2) is 4.94. The molecule has 0 aromatic rings. The van der Waals surface area contributed by atoms with Crippen LogP contribution >= 0.6 is 0 Å². The fourth-order valence-electron chi connectivity index (χ4n) is 2.76. The van der Waals surface area contributed by atoms with Crippen molar-refractivity contribution in [1.29, 1.82) is 0 Å². The number of carbonyl (C=O) groups is 1.